The van der Waals surface area contributed by atoms with E-state index in [4.69, 9.17) is 0 Å². The highest BCUT2D eigenvalue weighted by Gasteiger charge is 2.13. The summed E-state index contributed by atoms with van der Waals surface area (Å²) in [6.45, 7) is 4.04. The Hall–Kier alpha value is -2.63. The maximum Gasteiger partial charge on any atom is 0.276 e. The van der Waals surface area contributed by atoms with Crippen molar-refractivity contribution in [2.75, 3.05) is 17.7 Å². The van der Waals surface area contributed by atoms with E-state index in [0.717, 1.165) is 11.1 Å². The molecular weight excluding hydrogens is 268 g/mol. The van der Waals surface area contributed by atoms with Gasteiger partial charge in [-0.2, -0.15) is 0 Å². The molecule has 2 rings (SSSR count). The lowest BCUT2D eigenvalue weighted by Crippen LogP contribution is -2.10. The summed E-state index contributed by atoms with van der Waals surface area (Å²) < 4.78 is 0. The normalized spacial score (nSPS) is 11.8. The van der Waals surface area contributed by atoms with Gasteiger partial charge in [0, 0.05) is 7.05 Å². The standard InChI is InChI=1S/C15H18N4O2/c1-10-6-4-5-7-13(10)11(2)17-15-9-12(19(20)21)8-14(16-3)18-15/h4-9,11H,1-3H3,(H2,16,17,18). The Kier molecular flexibility index (Phi) is 4.37. The average molecular weight is 286 g/mol. The number of hydrogen-bond donors (Lipinski definition) is 2. The first-order chi connectivity index (χ1) is 10.0. The van der Waals surface area contributed by atoms with Gasteiger partial charge in [0.1, 0.15) is 11.6 Å². The molecule has 21 heavy (non-hydrogen) atoms. The Bertz CT molecular complexity index is 658. The van der Waals surface area contributed by atoms with Gasteiger partial charge in [-0.3, -0.25) is 10.1 Å². The van der Waals surface area contributed by atoms with Crippen LogP contribution in [0.25, 0.3) is 0 Å². The van der Waals surface area contributed by atoms with Crippen LogP contribution in [0.5, 0.6) is 0 Å². The predicted octanol–water partition coefficient (Wildman–Crippen LogP) is 3.51. The van der Waals surface area contributed by atoms with Gasteiger partial charge in [0.15, 0.2) is 0 Å². The average Bonchev–Trinajstić information content (AvgIpc) is 2.47. The Labute approximate surface area is 123 Å². The molecule has 1 unspecified atom stereocenters. The van der Waals surface area contributed by atoms with E-state index >= 15 is 0 Å². The van der Waals surface area contributed by atoms with E-state index in [-0.39, 0.29) is 11.7 Å². The van der Waals surface area contributed by atoms with Crippen molar-refractivity contribution in [3.05, 3.63) is 57.6 Å². The van der Waals surface area contributed by atoms with Crippen molar-refractivity contribution in [2.45, 2.75) is 19.9 Å². The highest BCUT2D eigenvalue weighted by Crippen LogP contribution is 2.25. The number of nitrogens with zero attached hydrogens (tertiary/aromatic N) is 2. The Morgan fingerprint density at radius 2 is 1.90 bits per heavy atom. The summed E-state index contributed by atoms with van der Waals surface area (Å²) >= 11 is 0. The minimum absolute atomic E-state index is 0.00501. The van der Waals surface area contributed by atoms with Crippen LogP contribution in [-0.4, -0.2) is 17.0 Å². The molecule has 0 aliphatic carbocycles. The summed E-state index contributed by atoms with van der Waals surface area (Å²) in [6, 6.07) is 10.9. The first kappa shape index (κ1) is 14.8. The van der Waals surface area contributed by atoms with Gasteiger partial charge in [-0.05, 0) is 25.0 Å². The number of nitro groups is 1. The van der Waals surface area contributed by atoms with Gasteiger partial charge < -0.3 is 10.6 Å². The van der Waals surface area contributed by atoms with E-state index in [1.807, 2.05) is 38.1 Å². The van der Waals surface area contributed by atoms with Crippen molar-refractivity contribution in [1.29, 1.82) is 0 Å². The van der Waals surface area contributed by atoms with E-state index in [1.165, 1.54) is 12.1 Å². The molecule has 1 atom stereocenters. The molecule has 1 aromatic carbocycles. The van der Waals surface area contributed by atoms with Crippen molar-refractivity contribution >= 4 is 17.3 Å². The van der Waals surface area contributed by atoms with Gasteiger partial charge in [-0.1, -0.05) is 24.3 Å². The molecule has 0 bridgehead atoms. The molecule has 0 amide bonds. The highest BCUT2D eigenvalue weighted by atomic mass is 16.6. The summed E-state index contributed by atoms with van der Waals surface area (Å²) in [6.07, 6.45) is 0. The van der Waals surface area contributed by atoms with Crippen LogP contribution in [-0.2, 0) is 0 Å². The molecule has 0 aliphatic heterocycles. The summed E-state index contributed by atoms with van der Waals surface area (Å²) in [7, 11) is 1.68. The molecule has 0 radical (unpaired) electrons. The molecular formula is C15H18N4O2. The first-order valence-electron chi connectivity index (χ1n) is 6.67. The van der Waals surface area contributed by atoms with Crippen LogP contribution in [0.3, 0.4) is 0 Å². The number of pyridine rings is 1. The van der Waals surface area contributed by atoms with E-state index in [2.05, 4.69) is 15.6 Å². The molecule has 2 N–H and O–H groups in total. The molecule has 1 aromatic heterocycles. The van der Waals surface area contributed by atoms with Crippen molar-refractivity contribution < 1.29 is 4.92 Å². The van der Waals surface area contributed by atoms with Gasteiger partial charge >= 0.3 is 0 Å². The van der Waals surface area contributed by atoms with Crippen molar-refractivity contribution in [3.8, 4) is 0 Å². The van der Waals surface area contributed by atoms with Crippen molar-refractivity contribution in [1.82, 2.24) is 4.98 Å². The van der Waals surface area contributed by atoms with Crippen molar-refractivity contribution in [2.24, 2.45) is 0 Å². The topological polar surface area (TPSA) is 80.1 Å². The van der Waals surface area contributed by atoms with E-state index in [9.17, 15) is 10.1 Å². The van der Waals surface area contributed by atoms with Gasteiger partial charge in [-0.25, -0.2) is 4.98 Å². The number of hydrogen-bond acceptors (Lipinski definition) is 5. The number of aryl methyl sites for hydroxylation is 1. The third kappa shape index (κ3) is 3.47. The number of aromatic nitrogens is 1. The van der Waals surface area contributed by atoms with Crippen LogP contribution >= 0.6 is 0 Å². The zero-order valence-electron chi connectivity index (χ0n) is 12.3. The van der Waals surface area contributed by atoms with Crippen LogP contribution in [0.4, 0.5) is 17.3 Å². The zero-order valence-corrected chi connectivity index (χ0v) is 12.3. The minimum atomic E-state index is -0.424. The lowest BCUT2D eigenvalue weighted by atomic mass is 10.0. The van der Waals surface area contributed by atoms with Crippen molar-refractivity contribution in [3.63, 3.8) is 0 Å². The molecule has 0 spiro atoms. The maximum atomic E-state index is 11.0. The molecule has 2 aromatic rings. The molecule has 6 nitrogen and oxygen atoms in total. The molecule has 0 saturated carbocycles. The lowest BCUT2D eigenvalue weighted by molar-refractivity contribution is -0.384. The second-order valence-corrected chi connectivity index (χ2v) is 4.83. The summed E-state index contributed by atoms with van der Waals surface area (Å²) in [4.78, 5) is 14.8. The molecule has 6 heteroatoms. The Morgan fingerprint density at radius 1 is 1.24 bits per heavy atom. The second-order valence-electron chi connectivity index (χ2n) is 4.83. The lowest BCUT2D eigenvalue weighted by Gasteiger charge is -2.17. The number of rotatable bonds is 5. The van der Waals surface area contributed by atoms with Crippen LogP contribution < -0.4 is 10.6 Å². The smallest absolute Gasteiger partial charge is 0.276 e. The van der Waals surface area contributed by atoms with Gasteiger partial charge in [0.2, 0.25) is 0 Å². The Balaban J connectivity index is 2.28. The van der Waals surface area contributed by atoms with Crippen LogP contribution in [0.15, 0.2) is 36.4 Å². The highest BCUT2D eigenvalue weighted by molar-refractivity contribution is 5.55. The SMILES string of the molecule is CNc1cc([N+](=O)[O-])cc(NC(C)c2ccccc2C)n1. The summed E-state index contributed by atoms with van der Waals surface area (Å²) in [5, 5.41) is 17.0. The number of nitrogens with one attached hydrogen (secondary N) is 2. The van der Waals surface area contributed by atoms with Crippen LogP contribution in [0, 0.1) is 17.0 Å². The second kappa shape index (κ2) is 6.21. The monoisotopic (exact) mass is 286 g/mol. The fraction of sp³-hybridized carbons (Fsp3) is 0.267. The van der Waals surface area contributed by atoms with E-state index in [1.54, 1.807) is 7.05 Å². The maximum absolute atomic E-state index is 11.0. The Morgan fingerprint density at radius 3 is 2.52 bits per heavy atom. The molecule has 0 aliphatic rings. The quantitative estimate of drug-likeness (QED) is 0.649. The summed E-state index contributed by atoms with van der Waals surface area (Å²) in [5.41, 5.74) is 2.31. The minimum Gasteiger partial charge on any atom is -0.373 e. The largest absolute Gasteiger partial charge is 0.373 e. The molecule has 0 fully saturated rings. The fourth-order valence-electron chi connectivity index (χ4n) is 2.20. The van der Waals surface area contributed by atoms with E-state index < -0.39 is 4.92 Å². The summed E-state index contributed by atoms with van der Waals surface area (Å²) in [5.74, 6) is 0.938. The van der Waals surface area contributed by atoms with Crippen LogP contribution in [0.1, 0.15) is 24.1 Å². The molecule has 110 valence electrons. The number of anilines is 2. The molecule has 0 saturated heterocycles. The third-order valence-corrected chi connectivity index (χ3v) is 3.30. The predicted molar refractivity (Wildman–Crippen MR) is 83.7 cm³/mol. The van der Waals surface area contributed by atoms with Crippen LogP contribution in [0.2, 0.25) is 0 Å². The van der Waals surface area contributed by atoms with Gasteiger partial charge in [0.05, 0.1) is 23.1 Å². The van der Waals surface area contributed by atoms with Gasteiger partial charge in [0.25, 0.3) is 5.69 Å². The fourth-order valence-corrected chi connectivity index (χ4v) is 2.20. The number of benzene rings is 1. The first-order valence-corrected chi connectivity index (χ1v) is 6.67. The zero-order chi connectivity index (χ0) is 15.4. The third-order valence-electron chi connectivity index (χ3n) is 3.30. The van der Waals surface area contributed by atoms with E-state index in [0.29, 0.717) is 11.6 Å². The van der Waals surface area contributed by atoms with Gasteiger partial charge in [-0.15, -0.1) is 0 Å². The molecule has 1 heterocycles.